The van der Waals surface area contributed by atoms with Gasteiger partial charge < -0.3 is 4.74 Å². The molecule has 0 aliphatic carbocycles. The van der Waals surface area contributed by atoms with Crippen molar-refractivity contribution in [2.24, 2.45) is 5.10 Å². The molecule has 0 atom stereocenters. The van der Waals surface area contributed by atoms with Gasteiger partial charge in [-0.15, -0.1) is 0 Å². The zero-order chi connectivity index (χ0) is 18.7. The molecule has 1 amide bonds. The fourth-order valence-corrected chi connectivity index (χ4v) is 2.67. The number of esters is 1. The number of hydrazone groups is 1. The number of rotatable bonds is 4. The number of pyridine rings is 1. The van der Waals surface area contributed by atoms with Crippen LogP contribution in [0.2, 0.25) is 5.15 Å². The van der Waals surface area contributed by atoms with Crippen molar-refractivity contribution >= 4 is 34.9 Å². The molecular weight excluding hydrogens is 354 g/mol. The van der Waals surface area contributed by atoms with Gasteiger partial charge in [0.25, 0.3) is 0 Å². The molecule has 3 rings (SSSR count). The van der Waals surface area contributed by atoms with E-state index in [1.807, 2.05) is 32.0 Å². The summed E-state index contributed by atoms with van der Waals surface area (Å²) in [4.78, 5) is 28.6. The third kappa shape index (κ3) is 4.08. The maximum atomic E-state index is 12.3. The molecule has 1 aliphatic heterocycles. The largest absolute Gasteiger partial charge is 0.456 e. The first kappa shape index (κ1) is 18.1. The van der Waals surface area contributed by atoms with Gasteiger partial charge in [-0.25, -0.2) is 9.78 Å². The van der Waals surface area contributed by atoms with Gasteiger partial charge in [-0.2, -0.15) is 10.1 Å². The molecule has 0 fully saturated rings. The van der Waals surface area contributed by atoms with Crippen molar-refractivity contribution < 1.29 is 14.3 Å². The molecule has 0 saturated carbocycles. The van der Waals surface area contributed by atoms with Crippen molar-refractivity contribution in [1.82, 2.24) is 4.98 Å². The Labute approximate surface area is 156 Å². The number of carbonyl (C=O) groups is 2. The highest BCUT2D eigenvalue weighted by Crippen LogP contribution is 2.25. The predicted octanol–water partition coefficient (Wildman–Crippen LogP) is 3.58. The zero-order valence-corrected chi connectivity index (χ0v) is 15.3. The first-order valence-corrected chi connectivity index (χ1v) is 8.57. The Morgan fingerprint density at radius 3 is 2.77 bits per heavy atom. The molecule has 0 unspecified atom stereocenters. The van der Waals surface area contributed by atoms with Gasteiger partial charge in [0.2, 0.25) is 5.91 Å². The number of benzene rings is 1. The van der Waals surface area contributed by atoms with Gasteiger partial charge >= 0.3 is 5.97 Å². The van der Waals surface area contributed by atoms with E-state index in [1.54, 1.807) is 18.3 Å². The highest BCUT2D eigenvalue weighted by Gasteiger charge is 2.27. The quantitative estimate of drug-likeness (QED) is 0.608. The molecule has 2 aromatic rings. The maximum Gasteiger partial charge on any atom is 0.354 e. The van der Waals surface area contributed by atoms with E-state index in [0.29, 0.717) is 10.8 Å². The topological polar surface area (TPSA) is 71.9 Å². The molecule has 0 radical (unpaired) electrons. The fourth-order valence-electron chi connectivity index (χ4n) is 2.56. The summed E-state index contributed by atoms with van der Waals surface area (Å²) < 4.78 is 5.29. The van der Waals surface area contributed by atoms with Crippen molar-refractivity contribution in [3.63, 3.8) is 0 Å². The van der Waals surface area contributed by atoms with Crippen LogP contribution in [0.4, 0.5) is 5.69 Å². The van der Waals surface area contributed by atoms with E-state index in [0.717, 1.165) is 16.7 Å². The van der Waals surface area contributed by atoms with E-state index >= 15 is 0 Å². The number of nitrogens with zero attached hydrogens (tertiary/aromatic N) is 3. The van der Waals surface area contributed by atoms with Crippen LogP contribution in [-0.4, -0.2) is 22.6 Å². The molecular formula is C19H18ClN3O3. The summed E-state index contributed by atoms with van der Waals surface area (Å²) in [7, 11) is 0. The average Bonchev–Trinajstić information content (AvgIpc) is 2.63. The summed E-state index contributed by atoms with van der Waals surface area (Å²) in [5.74, 6) is -0.681. The van der Waals surface area contributed by atoms with E-state index in [9.17, 15) is 9.59 Å². The van der Waals surface area contributed by atoms with Crippen LogP contribution >= 0.6 is 11.6 Å². The Kier molecular flexibility index (Phi) is 5.32. The lowest BCUT2D eigenvalue weighted by Gasteiger charge is -2.24. The van der Waals surface area contributed by atoms with Gasteiger partial charge in [-0.3, -0.25) is 4.79 Å². The number of carbonyl (C=O) groups excluding carboxylic acids is 2. The van der Waals surface area contributed by atoms with Gasteiger partial charge in [0, 0.05) is 24.6 Å². The van der Waals surface area contributed by atoms with Crippen molar-refractivity contribution in [1.29, 1.82) is 0 Å². The normalized spacial score (nSPS) is 14.2. The number of hydrogen-bond donors (Lipinski definition) is 0. The van der Waals surface area contributed by atoms with Gasteiger partial charge in [0.15, 0.2) is 0 Å². The number of ether oxygens (including phenoxy) is 1. The monoisotopic (exact) mass is 371 g/mol. The lowest BCUT2D eigenvalue weighted by molar-refractivity contribution is -0.137. The van der Waals surface area contributed by atoms with E-state index < -0.39 is 5.97 Å². The number of hydrogen-bond acceptors (Lipinski definition) is 5. The minimum absolute atomic E-state index is 0.0689. The minimum atomic E-state index is -0.539. The molecule has 0 saturated heterocycles. The Bertz CT molecular complexity index is 878. The third-order valence-electron chi connectivity index (χ3n) is 4.02. The van der Waals surface area contributed by atoms with E-state index in [2.05, 4.69) is 10.1 Å². The number of halogens is 1. The van der Waals surface area contributed by atoms with E-state index in [-0.39, 0.29) is 31.1 Å². The summed E-state index contributed by atoms with van der Waals surface area (Å²) in [5.41, 5.74) is 3.56. The molecule has 0 spiro atoms. The molecule has 134 valence electrons. The van der Waals surface area contributed by atoms with E-state index in [1.165, 1.54) is 5.01 Å². The highest BCUT2D eigenvalue weighted by atomic mass is 35.5. The van der Waals surface area contributed by atoms with Crippen molar-refractivity contribution in [2.45, 2.75) is 33.3 Å². The zero-order valence-electron chi connectivity index (χ0n) is 14.5. The Morgan fingerprint density at radius 2 is 2.04 bits per heavy atom. The summed E-state index contributed by atoms with van der Waals surface area (Å²) in [6.45, 7) is 3.91. The number of amides is 1. The van der Waals surface area contributed by atoms with Crippen LogP contribution in [-0.2, 0) is 20.9 Å². The van der Waals surface area contributed by atoms with Gasteiger partial charge in [-0.05, 0) is 37.1 Å². The second kappa shape index (κ2) is 7.66. The van der Waals surface area contributed by atoms with E-state index in [4.69, 9.17) is 16.3 Å². The standard InChI is InChI=1S/C19H18ClN3O3/c1-12-3-4-13(2)16(9-12)23-18(24)8-6-15(22-23)19(25)26-11-14-5-7-17(20)21-10-14/h3-5,7,9-10H,6,8,11H2,1-2H3. The SMILES string of the molecule is Cc1ccc(C)c(N2N=C(C(=O)OCc3ccc(Cl)nc3)CCC2=O)c1. The lowest BCUT2D eigenvalue weighted by Crippen LogP contribution is -2.35. The summed E-state index contributed by atoms with van der Waals surface area (Å²) in [6, 6.07) is 9.13. The Balaban J connectivity index is 1.76. The lowest BCUT2D eigenvalue weighted by atomic mass is 10.1. The molecule has 1 aromatic carbocycles. The minimum Gasteiger partial charge on any atom is -0.456 e. The molecule has 0 bridgehead atoms. The molecule has 26 heavy (non-hydrogen) atoms. The summed E-state index contributed by atoms with van der Waals surface area (Å²) in [6.07, 6.45) is 2.02. The van der Waals surface area contributed by atoms with Gasteiger partial charge in [0.05, 0.1) is 5.69 Å². The predicted molar refractivity (Wildman–Crippen MR) is 99.1 cm³/mol. The fraction of sp³-hybridized carbons (Fsp3) is 0.263. The van der Waals surface area contributed by atoms with Crippen molar-refractivity contribution in [3.05, 3.63) is 58.4 Å². The highest BCUT2D eigenvalue weighted by molar-refractivity contribution is 6.38. The summed E-state index contributed by atoms with van der Waals surface area (Å²) in [5, 5.41) is 5.92. The number of anilines is 1. The molecule has 6 nitrogen and oxygen atoms in total. The van der Waals surface area contributed by atoms with Crippen LogP contribution in [0, 0.1) is 13.8 Å². The van der Waals surface area contributed by atoms with Gasteiger partial charge in [-0.1, -0.05) is 29.8 Å². The number of aromatic nitrogens is 1. The number of aryl methyl sites for hydroxylation is 2. The van der Waals surface area contributed by atoms with Crippen molar-refractivity contribution in [3.8, 4) is 0 Å². The molecule has 2 heterocycles. The molecule has 7 heteroatoms. The first-order chi connectivity index (χ1) is 12.4. The molecule has 0 N–H and O–H groups in total. The Hall–Kier alpha value is -2.73. The van der Waals surface area contributed by atoms with Crippen LogP contribution in [0.25, 0.3) is 0 Å². The summed E-state index contributed by atoms with van der Waals surface area (Å²) >= 11 is 5.73. The molecule has 1 aromatic heterocycles. The van der Waals surface area contributed by atoms with Crippen LogP contribution in [0.3, 0.4) is 0 Å². The van der Waals surface area contributed by atoms with Gasteiger partial charge in [0.1, 0.15) is 17.5 Å². The van der Waals surface area contributed by atoms with Crippen LogP contribution in [0.5, 0.6) is 0 Å². The third-order valence-corrected chi connectivity index (χ3v) is 4.24. The molecule has 1 aliphatic rings. The van der Waals surface area contributed by atoms with Crippen molar-refractivity contribution in [2.75, 3.05) is 5.01 Å². The second-order valence-electron chi connectivity index (χ2n) is 6.11. The second-order valence-corrected chi connectivity index (χ2v) is 6.49. The van der Waals surface area contributed by atoms with Crippen LogP contribution in [0.15, 0.2) is 41.6 Å². The van der Waals surface area contributed by atoms with Crippen LogP contribution in [0.1, 0.15) is 29.5 Å². The van der Waals surface area contributed by atoms with Crippen LogP contribution < -0.4 is 5.01 Å². The Morgan fingerprint density at radius 1 is 1.23 bits per heavy atom. The average molecular weight is 372 g/mol. The maximum absolute atomic E-state index is 12.3. The smallest absolute Gasteiger partial charge is 0.354 e. The first-order valence-electron chi connectivity index (χ1n) is 8.19.